The minimum absolute atomic E-state index is 0.285. The van der Waals surface area contributed by atoms with Gasteiger partial charge in [-0.15, -0.1) is 0 Å². The van der Waals surface area contributed by atoms with Crippen LogP contribution in [0.15, 0.2) is 24.5 Å². The predicted molar refractivity (Wildman–Crippen MR) is 89.2 cm³/mol. The van der Waals surface area contributed by atoms with Gasteiger partial charge in [0.15, 0.2) is 5.65 Å². The van der Waals surface area contributed by atoms with Crippen molar-refractivity contribution in [2.24, 2.45) is 7.05 Å². The highest BCUT2D eigenvalue weighted by Crippen LogP contribution is 2.34. The Kier molecular flexibility index (Phi) is 4.09. The van der Waals surface area contributed by atoms with E-state index in [0.717, 1.165) is 22.6 Å². The molecule has 2 heterocycles. The van der Waals surface area contributed by atoms with Gasteiger partial charge in [0.05, 0.1) is 19.1 Å². The van der Waals surface area contributed by atoms with Gasteiger partial charge < -0.3 is 14.6 Å². The summed E-state index contributed by atoms with van der Waals surface area (Å²) in [4.78, 5) is 8.28. The number of ether oxygens (including phenoxy) is 1. The Hall–Kier alpha value is -2.70. The second kappa shape index (κ2) is 6.07. The molecule has 0 amide bonds. The van der Waals surface area contributed by atoms with Crippen LogP contribution in [-0.2, 0) is 7.05 Å². The maximum atomic E-state index is 13.2. The molecule has 0 radical (unpaired) electrons. The topological polar surface area (TPSA) is 52.0 Å². The molecule has 5 nitrogen and oxygen atoms in total. The molecule has 1 aromatic carbocycles. The molecule has 0 spiro atoms. The van der Waals surface area contributed by atoms with Crippen molar-refractivity contribution >= 4 is 22.5 Å². The Morgan fingerprint density at radius 2 is 2.00 bits per heavy atom. The van der Waals surface area contributed by atoms with Crippen LogP contribution in [0.5, 0.6) is 5.75 Å². The molecule has 24 heavy (non-hydrogen) atoms. The summed E-state index contributed by atoms with van der Waals surface area (Å²) >= 11 is 0. The SMILES string of the molecule is COc1ccc(C)c(Nc2cc(C(F)F)nc3c2ncn3C)c1C. The zero-order chi connectivity index (χ0) is 17.4. The normalized spacial score (nSPS) is 11.3. The number of hydrogen-bond acceptors (Lipinski definition) is 4. The van der Waals surface area contributed by atoms with Crippen molar-refractivity contribution in [1.82, 2.24) is 14.5 Å². The number of aryl methyl sites for hydroxylation is 2. The number of benzene rings is 1. The first kappa shape index (κ1) is 16.2. The van der Waals surface area contributed by atoms with Crippen LogP contribution in [0.1, 0.15) is 23.2 Å². The van der Waals surface area contributed by atoms with Crippen LogP contribution in [-0.4, -0.2) is 21.6 Å². The zero-order valence-corrected chi connectivity index (χ0v) is 13.9. The fourth-order valence-electron chi connectivity index (χ4n) is 2.70. The lowest BCUT2D eigenvalue weighted by Gasteiger charge is -2.16. The standard InChI is InChI=1S/C17H18F2N4O/c1-9-5-6-13(24-4)10(2)14(9)21-11-7-12(16(18)19)22-17-15(11)20-8-23(17)3/h5-8,16H,1-4H3,(H,21,22). The highest BCUT2D eigenvalue weighted by atomic mass is 19.3. The van der Waals surface area contributed by atoms with Gasteiger partial charge in [0, 0.05) is 18.3 Å². The van der Waals surface area contributed by atoms with Crippen LogP contribution >= 0.6 is 0 Å². The van der Waals surface area contributed by atoms with Crippen LogP contribution in [0.2, 0.25) is 0 Å². The molecule has 0 saturated carbocycles. The van der Waals surface area contributed by atoms with Gasteiger partial charge in [-0.1, -0.05) is 6.07 Å². The van der Waals surface area contributed by atoms with Gasteiger partial charge >= 0.3 is 0 Å². The number of nitrogens with zero attached hydrogens (tertiary/aromatic N) is 3. The van der Waals surface area contributed by atoms with Crippen molar-refractivity contribution in [2.75, 3.05) is 12.4 Å². The number of methoxy groups -OCH3 is 1. The fraction of sp³-hybridized carbons (Fsp3) is 0.294. The summed E-state index contributed by atoms with van der Waals surface area (Å²) < 4.78 is 33.3. The van der Waals surface area contributed by atoms with E-state index in [1.54, 1.807) is 25.1 Å². The maximum Gasteiger partial charge on any atom is 0.280 e. The van der Waals surface area contributed by atoms with E-state index in [9.17, 15) is 8.78 Å². The van der Waals surface area contributed by atoms with Crippen LogP contribution in [0.25, 0.3) is 11.2 Å². The number of aromatic nitrogens is 3. The lowest BCUT2D eigenvalue weighted by atomic mass is 10.1. The molecule has 0 fully saturated rings. The van der Waals surface area contributed by atoms with Crippen molar-refractivity contribution < 1.29 is 13.5 Å². The summed E-state index contributed by atoms with van der Waals surface area (Å²) in [6.45, 7) is 3.86. The molecular formula is C17H18F2N4O. The molecular weight excluding hydrogens is 314 g/mol. The summed E-state index contributed by atoms with van der Waals surface area (Å²) in [5.74, 6) is 0.725. The first-order valence-electron chi connectivity index (χ1n) is 7.43. The summed E-state index contributed by atoms with van der Waals surface area (Å²) in [6, 6.07) is 5.14. The van der Waals surface area contributed by atoms with E-state index < -0.39 is 6.43 Å². The van der Waals surface area contributed by atoms with Crippen molar-refractivity contribution in [2.45, 2.75) is 20.3 Å². The first-order valence-corrected chi connectivity index (χ1v) is 7.43. The van der Waals surface area contributed by atoms with Crippen molar-refractivity contribution in [1.29, 1.82) is 0 Å². The molecule has 0 saturated heterocycles. The lowest BCUT2D eigenvalue weighted by molar-refractivity contribution is 0.146. The number of anilines is 2. The predicted octanol–water partition coefficient (Wildman–Crippen LogP) is 4.27. The number of alkyl halides is 2. The van der Waals surface area contributed by atoms with E-state index in [1.165, 1.54) is 6.07 Å². The smallest absolute Gasteiger partial charge is 0.280 e. The van der Waals surface area contributed by atoms with E-state index in [-0.39, 0.29) is 5.69 Å². The molecule has 0 aliphatic heterocycles. The van der Waals surface area contributed by atoms with Gasteiger partial charge in [0.2, 0.25) is 0 Å². The molecule has 3 aromatic rings. The molecule has 0 atom stereocenters. The number of nitrogens with one attached hydrogen (secondary N) is 1. The second-order valence-corrected chi connectivity index (χ2v) is 5.63. The van der Waals surface area contributed by atoms with Crippen LogP contribution in [0.4, 0.5) is 20.2 Å². The number of rotatable bonds is 4. The summed E-state index contributed by atoms with van der Waals surface area (Å²) in [5.41, 5.74) is 3.86. The molecule has 2 aromatic heterocycles. The van der Waals surface area contributed by atoms with E-state index in [1.807, 2.05) is 26.0 Å². The van der Waals surface area contributed by atoms with Crippen molar-refractivity contribution in [3.8, 4) is 5.75 Å². The summed E-state index contributed by atoms with van der Waals surface area (Å²) in [6.07, 6.45) is -1.10. The van der Waals surface area contributed by atoms with E-state index in [2.05, 4.69) is 15.3 Å². The lowest BCUT2D eigenvalue weighted by Crippen LogP contribution is -2.02. The Labute approximate surface area is 138 Å². The molecule has 0 aliphatic rings. The Bertz CT molecular complexity index is 905. The monoisotopic (exact) mass is 332 g/mol. The Balaban J connectivity index is 2.17. The number of halogens is 2. The average molecular weight is 332 g/mol. The number of fused-ring (bicyclic) bond motifs is 1. The quantitative estimate of drug-likeness (QED) is 0.775. The number of hydrogen-bond donors (Lipinski definition) is 1. The molecule has 126 valence electrons. The van der Waals surface area contributed by atoms with E-state index in [0.29, 0.717) is 16.9 Å². The second-order valence-electron chi connectivity index (χ2n) is 5.63. The highest BCUT2D eigenvalue weighted by Gasteiger charge is 2.17. The molecule has 0 bridgehead atoms. The van der Waals surface area contributed by atoms with Gasteiger partial charge in [0.25, 0.3) is 6.43 Å². The Morgan fingerprint density at radius 3 is 2.67 bits per heavy atom. The van der Waals surface area contributed by atoms with Gasteiger partial charge in [-0.3, -0.25) is 0 Å². The van der Waals surface area contributed by atoms with Crippen LogP contribution < -0.4 is 10.1 Å². The highest BCUT2D eigenvalue weighted by molar-refractivity contribution is 5.89. The number of imidazole rings is 1. The Morgan fingerprint density at radius 1 is 1.25 bits per heavy atom. The zero-order valence-electron chi connectivity index (χ0n) is 13.9. The van der Waals surface area contributed by atoms with E-state index in [4.69, 9.17) is 4.74 Å². The fourth-order valence-corrected chi connectivity index (χ4v) is 2.70. The van der Waals surface area contributed by atoms with Gasteiger partial charge in [-0.2, -0.15) is 0 Å². The largest absolute Gasteiger partial charge is 0.496 e. The van der Waals surface area contributed by atoms with Crippen LogP contribution in [0.3, 0.4) is 0 Å². The van der Waals surface area contributed by atoms with Gasteiger partial charge in [0.1, 0.15) is 17.0 Å². The van der Waals surface area contributed by atoms with Crippen LogP contribution in [0, 0.1) is 13.8 Å². The summed E-state index contributed by atoms with van der Waals surface area (Å²) in [5, 5.41) is 3.24. The van der Waals surface area contributed by atoms with Crippen molar-refractivity contribution in [3.05, 3.63) is 41.3 Å². The molecule has 3 rings (SSSR count). The average Bonchev–Trinajstić information content (AvgIpc) is 2.93. The molecule has 7 heteroatoms. The molecule has 0 unspecified atom stereocenters. The van der Waals surface area contributed by atoms with Gasteiger partial charge in [-0.25, -0.2) is 18.7 Å². The number of pyridine rings is 1. The minimum Gasteiger partial charge on any atom is -0.496 e. The summed E-state index contributed by atoms with van der Waals surface area (Å²) in [7, 11) is 3.32. The first-order chi connectivity index (χ1) is 11.4. The van der Waals surface area contributed by atoms with Gasteiger partial charge in [-0.05, 0) is 31.5 Å². The van der Waals surface area contributed by atoms with E-state index >= 15 is 0 Å². The third kappa shape index (κ3) is 2.66. The maximum absolute atomic E-state index is 13.2. The third-order valence-corrected chi connectivity index (χ3v) is 4.02. The molecule has 0 aliphatic carbocycles. The van der Waals surface area contributed by atoms with Crippen molar-refractivity contribution in [3.63, 3.8) is 0 Å². The third-order valence-electron chi connectivity index (χ3n) is 4.02. The minimum atomic E-state index is -2.66. The molecule has 1 N–H and O–H groups in total.